The lowest BCUT2D eigenvalue weighted by Gasteiger charge is -2.35. The number of nitriles is 2. The zero-order valence-corrected chi connectivity index (χ0v) is 25.9. The van der Waals surface area contributed by atoms with Crippen LogP contribution in [0.3, 0.4) is 0 Å². The molecule has 1 aromatic heterocycles. The molecule has 220 valence electrons. The topological polar surface area (TPSA) is 59.0 Å². The molecule has 1 aliphatic heterocycles. The number of rotatable bonds is 9. The van der Waals surface area contributed by atoms with Crippen LogP contribution in [-0.4, -0.2) is 40.5 Å². The Labute approximate surface area is 265 Å². The maximum atomic E-state index is 9.49. The highest BCUT2D eigenvalue weighted by molar-refractivity contribution is 6.31. The molecule has 1 saturated heterocycles. The molecule has 0 amide bonds. The van der Waals surface area contributed by atoms with E-state index in [0.717, 1.165) is 85.9 Å². The summed E-state index contributed by atoms with van der Waals surface area (Å²) in [5.74, 6) is 0. The first-order chi connectivity index (χ1) is 21.6. The zero-order valence-electron chi connectivity index (χ0n) is 25.1. The molecule has 2 heterocycles. The molecule has 0 unspecified atom stereocenters. The van der Waals surface area contributed by atoms with Gasteiger partial charge in [0.2, 0.25) is 0 Å². The Morgan fingerprint density at radius 2 is 1.36 bits per heavy atom. The first-order valence-corrected chi connectivity index (χ1v) is 15.8. The lowest BCUT2D eigenvalue weighted by Crippen LogP contribution is -2.45. The Hall–Kier alpha value is -4.39. The largest absolute Gasteiger partial charge is 0.347 e. The number of aromatic nitrogens is 1. The molecule has 4 aromatic carbocycles. The van der Waals surface area contributed by atoms with E-state index < -0.39 is 0 Å². The average molecular weight is 598 g/mol. The summed E-state index contributed by atoms with van der Waals surface area (Å²) in [4.78, 5) is 5.01. The van der Waals surface area contributed by atoms with E-state index in [1.807, 2.05) is 48.5 Å². The molecule has 0 radical (unpaired) electrons. The third-order valence-electron chi connectivity index (χ3n) is 8.68. The summed E-state index contributed by atoms with van der Waals surface area (Å²) < 4.78 is 2.37. The summed E-state index contributed by atoms with van der Waals surface area (Å²) in [6.07, 6.45) is 4.55. The van der Waals surface area contributed by atoms with Crippen molar-refractivity contribution in [3.8, 4) is 34.4 Å². The number of unbranched alkanes of at least 4 members (excludes halogenated alkanes) is 1. The molecule has 5 nitrogen and oxygen atoms in total. The van der Waals surface area contributed by atoms with E-state index in [-0.39, 0.29) is 0 Å². The Balaban J connectivity index is 1.18. The van der Waals surface area contributed by atoms with Gasteiger partial charge in [-0.05, 0) is 76.7 Å². The van der Waals surface area contributed by atoms with Crippen molar-refractivity contribution in [2.75, 3.05) is 26.2 Å². The van der Waals surface area contributed by atoms with Crippen molar-refractivity contribution in [2.45, 2.75) is 39.4 Å². The molecular weight excluding hydrogens is 562 g/mol. The third kappa shape index (κ3) is 6.42. The van der Waals surface area contributed by atoms with E-state index in [0.29, 0.717) is 11.1 Å². The van der Waals surface area contributed by atoms with Gasteiger partial charge in [-0.1, -0.05) is 67.4 Å². The molecule has 1 aliphatic rings. The summed E-state index contributed by atoms with van der Waals surface area (Å²) in [5.41, 5.74) is 9.41. The third-order valence-corrected chi connectivity index (χ3v) is 9.03. The molecule has 0 saturated carbocycles. The van der Waals surface area contributed by atoms with Crippen LogP contribution < -0.4 is 0 Å². The normalized spacial score (nSPS) is 14.0. The molecular formula is C38H36ClN5. The van der Waals surface area contributed by atoms with Crippen molar-refractivity contribution < 1.29 is 0 Å². The van der Waals surface area contributed by atoms with E-state index in [9.17, 15) is 10.5 Å². The van der Waals surface area contributed by atoms with Crippen LogP contribution in [0.25, 0.3) is 33.2 Å². The Bertz CT molecular complexity index is 1870. The number of aryl methyl sites for hydroxylation is 1. The van der Waals surface area contributed by atoms with Crippen molar-refractivity contribution in [1.29, 1.82) is 10.5 Å². The Morgan fingerprint density at radius 1 is 0.727 bits per heavy atom. The van der Waals surface area contributed by atoms with Gasteiger partial charge in [-0.15, -0.1) is 0 Å². The van der Waals surface area contributed by atoms with Crippen molar-refractivity contribution in [2.24, 2.45) is 0 Å². The van der Waals surface area contributed by atoms with E-state index in [4.69, 9.17) is 11.6 Å². The second-order valence-corrected chi connectivity index (χ2v) is 12.1. The van der Waals surface area contributed by atoms with Crippen molar-refractivity contribution in [1.82, 2.24) is 14.4 Å². The number of hydrogen-bond acceptors (Lipinski definition) is 4. The van der Waals surface area contributed by atoms with Gasteiger partial charge in [0.25, 0.3) is 0 Å². The van der Waals surface area contributed by atoms with Gasteiger partial charge < -0.3 is 4.57 Å². The monoisotopic (exact) mass is 597 g/mol. The average Bonchev–Trinajstić information content (AvgIpc) is 3.43. The SMILES string of the molecule is CCCCn1cc(-c2cccc(C#N)c2)c2cc(CN3CCN(Cc4c(Cl)cccc4-c4cccc(C#N)c4)CC3)ccc21. The predicted octanol–water partition coefficient (Wildman–Crippen LogP) is 8.49. The van der Waals surface area contributed by atoms with Crippen molar-refractivity contribution in [3.05, 3.63) is 118 Å². The molecule has 0 bridgehead atoms. The summed E-state index contributed by atoms with van der Waals surface area (Å²) in [6.45, 7) is 8.79. The van der Waals surface area contributed by atoms with Gasteiger partial charge in [0, 0.05) is 73.5 Å². The lowest BCUT2D eigenvalue weighted by molar-refractivity contribution is 0.122. The fraction of sp³-hybridized carbons (Fsp3) is 0.263. The van der Waals surface area contributed by atoms with Gasteiger partial charge >= 0.3 is 0 Å². The summed E-state index contributed by atoms with van der Waals surface area (Å²) in [7, 11) is 0. The van der Waals surface area contributed by atoms with E-state index >= 15 is 0 Å². The Kier molecular flexibility index (Phi) is 9.10. The van der Waals surface area contributed by atoms with Crippen LogP contribution in [0.2, 0.25) is 5.02 Å². The zero-order chi connectivity index (χ0) is 30.5. The number of piperazine rings is 1. The van der Waals surface area contributed by atoms with Crippen LogP contribution in [0.1, 0.15) is 42.0 Å². The first-order valence-electron chi connectivity index (χ1n) is 15.4. The van der Waals surface area contributed by atoms with Gasteiger partial charge in [-0.25, -0.2) is 0 Å². The maximum absolute atomic E-state index is 9.49. The van der Waals surface area contributed by atoms with Crippen LogP contribution in [0, 0.1) is 22.7 Å². The van der Waals surface area contributed by atoms with Gasteiger partial charge in [-0.3, -0.25) is 9.80 Å². The molecule has 6 heteroatoms. The molecule has 1 fully saturated rings. The Morgan fingerprint density at radius 3 is 2.02 bits per heavy atom. The highest BCUT2D eigenvalue weighted by Crippen LogP contribution is 2.34. The number of halogens is 1. The molecule has 0 atom stereocenters. The van der Waals surface area contributed by atoms with Crippen LogP contribution >= 0.6 is 11.6 Å². The molecule has 0 spiro atoms. The number of benzene rings is 4. The van der Waals surface area contributed by atoms with Crippen molar-refractivity contribution >= 4 is 22.5 Å². The standard InChI is InChI=1S/C38H36ClN5/c1-2-3-15-44-27-35(32-10-5-8-29(21-32)24-41)34-22-30(13-14-38(34)44)25-42-16-18-43(19-17-42)26-36-33(11-6-12-37(36)39)31-9-4-7-28(20-31)23-40/h4-14,20-22,27H,2-3,15-19,25-26H2,1H3. The number of hydrogen-bond donors (Lipinski definition) is 0. The fourth-order valence-electron chi connectivity index (χ4n) is 6.28. The molecule has 6 rings (SSSR count). The van der Waals surface area contributed by atoms with Gasteiger partial charge in [-0.2, -0.15) is 10.5 Å². The van der Waals surface area contributed by atoms with E-state index in [2.05, 4.69) is 76.0 Å². The molecule has 44 heavy (non-hydrogen) atoms. The molecule has 5 aromatic rings. The van der Waals surface area contributed by atoms with E-state index in [1.54, 1.807) is 0 Å². The van der Waals surface area contributed by atoms with Crippen LogP contribution in [0.15, 0.2) is 91.1 Å². The van der Waals surface area contributed by atoms with Crippen LogP contribution in [-0.2, 0) is 19.6 Å². The minimum absolute atomic E-state index is 0.653. The highest BCUT2D eigenvalue weighted by Gasteiger charge is 2.21. The first kappa shape index (κ1) is 29.7. The van der Waals surface area contributed by atoms with Crippen LogP contribution in [0.4, 0.5) is 0 Å². The molecule has 0 aliphatic carbocycles. The lowest BCUT2D eigenvalue weighted by atomic mass is 9.97. The number of fused-ring (bicyclic) bond motifs is 1. The fourth-order valence-corrected chi connectivity index (χ4v) is 6.51. The quantitative estimate of drug-likeness (QED) is 0.171. The second kappa shape index (κ2) is 13.5. The predicted molar refractivity (Wildman–Crippen MR) is 179 cm³/mol. The minimum Gasteiger partial charge on any atom is -0.347 e. The minimum atomic E-state index is 0.653. The van der Waals surface area contributed by atoms with Gasteiger partial charge in [0.15, 0.2) is 0 Å². The van der Waals surface area contributed by atoms with Gasteiger partial charge in [0.1, 0.15) is 0 Å². The smallest absolute Gasteiger partial charge is 0.0991 e. The summed E-state index contributed by atoms with van der Waals surface area (Å²) in [5, 5.41) is 20.9. The van der Waals surface area contributed by atoms with Gasteiger partial charge in [0.05, 0.1) is 23.3 Å². The second-order valence-electron chi connectivity index (χ2n) is 11.6. The molecule has 0 N–H and O–H groups in total. The maximum Gasteiger partial charge on any atom is 0.0991 e. The van der Waals surface area contributed by atoms with Crippen molar-refractivity contribution in [3.63, 3.8) is 0 Å². The number of nitrogens with zero attached hydrogens (tertiary/aromatic N) is 5. The van der Waals surface area contributed by atoms with E-state index in [1.165, 1.54) is 22.0 Å². The summed E-state index contributed by atoms with van der Waals surface area (Å²) in [6, 6.07) is 33.2. The summed E-state index contributed by atoms with van der Waals surface area (Å²) >= 11 is 6.74. The van der Waals surface area contributed by atoms with Crippen LogP contribution in [0.5, 0.6) is 0 Å². The highest BCUT2D eigenvalue weighted by atomic mass is 35.5.